The fraction of sp³-hybridized carbons (Fsp3) is 0.333. The first-order chi connectivity index (χ1) is 9.61. The normalized spacial score (nSPS) is 28.8. The van der Waals surface area contributed by atoms with Crippen LogP contribution in [0.25, 0.3) is 0 Å². The number of imidazole rings is 2. The van der Waals surface area contributed by atoms with Crippen LogP contribution in [0.3, 0.4) is 0 Å². The molecule has 1 aliphatic carbocycles. The quantitative estimate of drug-likeness (QED) is 0.639. The molecule has 0 radical (unpaired) electrons. The topological polar surface area (TPSA) is 132 Å². The molecule has 4 N–H and O–H groups in total. The molecule has 1 fully saturated rings. The maximum Gasteiger partial charge on any atom is 0.308 e. The van der Waals surface area contributed by atoms with Gasteiger partial charge in [-0.1, -0.05) is 0 Å². The molecule has 20 heavy (non-hydrogen) atoms. The van der Waals surface area contributed by atoms with Gasteiger partial charge in [0.2, 0.25) is 0 Å². The highest BCUT2D eigenvalue weighted by Crippen LogP contribution is 2.56. The number of nitrogens with zero attached hydrogens (tertiary/aromatic N) is 2. The van der Waals surface area contributed by atoms with Crippen molar-refractivity contribution in [3.63, 3.8) is 0 Å². The minimum atomic E-state index is -1.12. The number of carboxylic acid groups (broad SMARTS) is 2. The zero-order valence-electron chi connectivity index (χ0n) is 10.2. The molecular weight excluding hydrogens is 264 g/mol. The molecule has 0 saturated heterocycles. The van der Waals surface area contributed by atoms with Crippen LogP contribution >= 0.6 is 0 Å². The van der Waals surface area contributed by atoms with E-state index >= 15 is 0 Å². The van der Waals surface area contributed by atoms with Gasteiger partial charge in [0.15, 0.2) is 0 Å². The molecular formula is C12H12N4O4. The van der Waals surface area contributed by atoms with E-state index in [2.05, 4.69) is 19.9 Å². The lowest BCUT2D eigenvalue weighted by molar-refractivity contribution is -0.164. The second kappa shape index (κ2) is 4.48. The van der Waals surface area contributed by atoms with Crippen LogP contribution in [0.15, 0.2) is 25.0 Å². The Hall–Kier alpha value is -2.64. The summed E-state index contributed by atoms with van der Waals surface area (Å²) < 4.78 is 0. The molecule has 0 aliphatic heterocycles. The van der Waals surface area contributed by atoms with Crippen LogP contribution in [-0.2, 0) is 9.59 Å². The number of rotatable bonds is 4. The van der Waals surface area contributed by atoms with E-state index in [9.17, 15) is 19.8 Å². The van der Waals surface area contributed by atoms with Gasteiger partial charge in [0.05, 0.1) is 24.5 Å². The Kier molecular flexibility index (Phi) is 2.78. The SMILES string of the molecule is O=C(O)[C@@H]1[C@@H](C(=O)O)[C@H](c2cnc[nH]2)[C@H]1c1cnc[nH]1. The molecule has 8 nitrogen and oxygen atoms in total. The van der Waals surface area contributed by atoms with E-state index < -0.39 is 35.6 Å². The predicted octanol–water partition coefficient (Wildman–Crippen LogP) is 0.415. The summed E-state index contributed by atoms with van der Waals surface area (Å²) in [4.78, 5) is 36.3. The second-order valence-electron chi connectivity index (χ2n) is 4.79. The van der Waals surface area contributed by atoms with Crippen LogP contribution in [0.4, 0.5) is 0 Å². The molecule has 0 spiro atoms. The van der Waals surface area contributed by atoms with Crippen molar-refractivity contribution in [2.24, 2.45) is 11.8 Å². The van der Waals surface area contributed by atoms with E-state index in [0.29, 0.717) is 11.4 Å². The summed E-state index contributed by atoms with van der Waals surface area (Å²) >= 11 is 0. The van der Waals surface area contributed by atoms with Crippen molar-refractivity contribution in [2.75, 3.05) is 0 Å². The van der Waals surface area contributed by atoms with E-state index in [4.69, 9.17) is 0 Å². The summed E-state index contributed by atoms with van der Waals surface area (Å²) in [5, 5.41) is 18.6. The molecule has 8 heteroatoms. The minimum absolute atomic E-state index is 0.462. The molecule has 4 atom stereocenters. The maximum absolute atomic E-state index is 11.4. The van der Waals surface area contributed by atoms with E-state index in [1.165, 1.54) is 25.0 Å². The van der Waals surface area contributed by atoms with Crippen LogP contribution in [0.1, 0.15) is 23.2 Å². The lowest BCUT2D eigenvalue weighted by Crippen LogP contribution is -2.51. The molecule has 0 bridgehead atoms. The third-order valence-corrected chi connectivity index (χ3v) is 3.87. The van der Waals surface area contributed by atoms with Crippen LogP contribution in [0, 0.1) is 11.8 Å². The Labute approximate surface area is 112 Å². The highest BCUT2D eigenvalue weighted by Gasteiger charge is 2.59. The molecule has 2 heterocycles. The minimum Gasteiger partial charge on any atom is -0.481 e. The van der Waals surface area contributed by atoms with Crippen molar-refractivity contribution in [2.45, 2.75) is 11.8 Å². The van der Waals surface area contributed by atoms with Crippen LogP contribution in [0.2, 0.25) is 0 Å². The molecule has 0 unspecified atom stereocenters. The van der Waals surface area contributed by atoms with Gasteiger partial charge in [-0.2, -0.15) is 0 Å². The number of H-pyrrole nitrogens is 2. The zero-order valence-corrected chi connectivity index (χ0v) is 10.2. The molecule has 104 valence electrons. The van der Waals surface area contributed by atoms with Gasteiger partial charge in [-0.25, -0.2) is 9.97 Å². The van der Waals surface area contributed by atoms with Crippen molar-refractivity contribution in [1.82, 2.24) is 19.9 Å². The van der Waals surface area contributed by atoms with Crippen LogP contribution in [-0.4, -0.2) is 42.1 Å². The molecule has 1 aliphatic rings. The van der Waals surface area contributed by atoms with Crippen molar-refractivity contribution in [1.29, 1.82) is 0 Å². The summed E-state index contributed by atoms with van der Waals surface area (Å²) in [6, 6.07) is 0. The van der Waals surface area contributed by atoms with Crippen molar-refractivity contribution in [3.05, 3.63) is 36.4 Å². The number of aromatic amines is 2. The van der Waals surface area contributed by atoms with Gasteiger partial charge in [-0.05, 0) is 0 Å². The highest BCUT2D eigenvalue weighted by molar-refractivity contribution is 5.85. The van der Waals surface area contributed by atoms with Crippen molar-refractivity contribution in [3.8, 4) is 0 Å². The fourth-order valence-corrected chi connectivity index (χ4v) is 3.03. The molecule has 0 aromatic carbocycles. The van der Waals surface area contributed by atoms with Crippen LogP contribution < -0.4 is 0 Å². The Morgan fingerprint density at radius 2 is 1.30 bits per heavy atom. The summed E-state index contributed by atoms with van der Waals surface area (Å²) in [6.07, 6.45) is 5.96. The average Bonchev–Trinajstić information content (AvgIpc) is 2.98. The number of nitrogens with one attached hydrogen (secondary N) is 2. The van der Waals surface area contributed by atoms with Gasteiger partial charge in [0, 0.05) is 35.6 Å². The molecule has 1 saturated carbocycles. The number of carbonyl (C=O) groups is 2. The highest BCUT2D eigenvalue weighted by atomic mass is 16.4. The molecule has 2 aromatic rings. The fourth-order valence-electron chi connectivity index (χ4n) is 3.03. The summed E-state index contributed by atoms with van der Waals surface area (Å²) in [5.74, 6) is -5.13. The first-order valence-electron chi connectivity index (χ1n) is 6.03. The predicted molar refractivity (Wildman–Crippen MR) is 64.9 cm³/mol. The lowest BCUT2D eigenvalue weighted by atomic mass is 9.54. The van der Waals surface area contributed by atoms with Crippen molar-refractivity contribution >= 4 is 11.9 Å². The number of aromatic nitrogens is 4. The number of aliphatic carboxylic acids is 2. The smallest absolute Gasteiger partial charge is 0.308 e. The second-order valence-corrected chi connectivity index (χ2v) is 4.79. The standard InChI is InChI=1S/C12H12N4O4/c17-11(18)9-7(5-1-13-3-15-5)8(10(9)12(19)20)6-2-14-4-16-6/h1-4,7-10H,(H,13,15)(H,14,16)(H,17,18)(H,19,20)/t7-,8-,9+,10+/m1/s1. The van der Waals surface area contributed by atoms with Gasteiger partial charge in [-0.3, -0.25) is 9.59 Å². The molecule has 0 amide bonds. The monoisotopic (exact) mass is 276 g/mol. The van der Waals surface area contributed by atoms with Crippen molar-refractivity contribution < 1.29 is 19.8 Å². The van der Waals surface area contributed by atoms with Gasteiger partial charge < -0.3 is 20.2 Å². The number of carboxylic acids is 2. The first-order valence-corrected chi connectivity index (χ1v) is 6.03. The summed E-state index contributed by atoms with van der Waals surface area (Å²) in [5.41, 5.74) is 1.24. The first kappa shape index (κ1) is 12.4. The number of hydrogen-bond donors (Lipinski definition) is 4. The van der Waals surface area contributed by atoms with Crippen LogP contribution in [0.5, 0.6) is 0 Å². The van der Waals surface area contributed by atoms with Gasteiger partial charge >= 0.3 is 11.9 Å². The summed E-state index contributed by atoms with van der Waals surface area (Å²) in [6.45, 7) is 0. The number of hydrogen-bond acceptors (Lipinski definition) is 4. The van der Waals surface area contributed by atoms with Gasteiger partial charge in [-0.15, -0.1) is 0 Å². The Balaban J connectivity index is 2.03. The lowest BCUT2D eigenvalue weighted by Gasteiger charge is -2.46. The average molecular weight is 276 g/mol. The zero-order chi connectivity index (χ0) is 14.3. The Morgan fingerprint density at radius 3 is 1.55 bits per heavy atom. The Bertz CT molecular complexity index is 566. The third-order valence-electron chi connectivity index (χ3n) is 3.87. The Morgan fingerprint density at radius 1 is 0.900 bits per heavy atom. The van der Waals surface area contributed by atoms with E-state index in [-0.39, 0.29) is 0 Å². The molecule has 3 rings (SSSR count). The van der Waals surface area contributed by atoms with Gasteiger partial charge in [0.25, 0.3) is 0 Å². The largest absolute Gasteiger partial charge is 0.481 e. The van der Waals surface area contributed by atoms with E-state index in [0.717, 1.165) is 0 Å². The van der Waals surface area contributed by atoms with E-state index in [1.807, 2.05) is 0 Å². The maximum atomic E-state index is 11.4. The molecule has 2 aromatic heterocycles. The van der Waals surface area contributed by atoms with Gasteiger partial charge in [0.1, 0.15) is 0 Å². The summed E-state index contributed by atoms with van der Waals surface area (Å²) in [7, 11) is 0. The third kappa shape index (κ3) is 1.68. The van der Waals surface area contributed by atoms with E-state index in [1.54, 1.807) is 0 Å².